The summed E-state index contributed by atoms with van der Waals surface area (Å²) in [5, 5.41) is 3.74. The van der Waals surface area contributed by atoms with Crippen molar-refractivity contribution in [3.05, 3.63) is 68.4 Å². The Kier molecular flexibility index (Phi) is 11.3. The first-order chi connectivity index (χ1) is 16.5. The molecule has 0 saturated heterocycles. The zero-order valence-electron chi connectivity index (χ0n) is 20.5. The van der Waals surface area contributed by atoms with E-state index >= 15 is 0 Å². The van der Waals surface area contributed by atoms with Crippen LogP contribution in [0.15, 0.2) is 36.4 Å². The monoisotopic (exact) mass is 542 g/mol. The van der Waals surface area contributed by atoms with Gasteiger partial charge in [-0.05, 0) is 54.2 Å². The van der Waals surface area contributed by atoms with Crippen LogP contribution in [0.1, 0.15) is 70.4 Å². The highest BCUT2D eigenvalue weighted by molar-refractivity contribution is 6.35. The minimum atomic E-state index is -1.06. The van der Waals surface area contributed by atoms with Crippen LogP contribution < -0.4 is 11.1 Å². The molecule has 4 nitrogen and oxygen atoms in total. The van der Waals surface area contributed by atoms with E-state index in [-0.39, 0.29) is 22.9 Å². The first-order valence-corrected chi connectivity index (χ1v) is 13.2. The van der Waals surface area contributed by atoms with Crippen LogP contribution in [-0.2, 0) is 21.4 Å². The standard InChI is InChI=1S/C19H16Cl3FN2O2.C8H18/c20-11-3-4-13(14(22)8-11)19(5-6-19)18(27)25-16(17(24)26)7-10-1-2-12(21)9-15(10)23;1-4-6-8(3)7-5-2/h1-4,8-9,16H,5-7H2,(H2,24,26)(H,25,27);8H,4-7H2,1-3H3. The molecule has 0 spiro atoms. The Morgan fingerprint density at radius 2 is 1.60 bits per heavy atom. The number of rotatable bonds is 10. The van der Waals surface area contributed by atoms with E-state index in [9.17, 15) is 14.0 Å². The van der Waals surface area contributed by atoms with Gasteiger partial charge in [-0.3, -0.25) is 9.59 Å². The van der Waals surface area contributed by atoms with Crippen molar-refractivity contribution in [2.75, 3.05) is 0 Å². The molecule has 3 rings (SSSR count). The van der Waals surface area contributed by atoms with Crippen molar-refractivity contribution in [1.82, 2.24) is 5.32 Å². The molecule has 8 heteroatoms. The van der Waals surface area contributed by atoms with Crippen molar-refractivity contribution in [1.29, 1.82) is 0 Å². The molecule has 2 amide bonds. The summed E-state index contributed by atoms with van der Waals surface area (Å²) in [4.78, 5) is 24.7. The molecule has 1 aliphatic carbocycles. The number of halogens is 4. The number of benzene rings is 2. The second-order valence-corrected chi connectivity index (χ2v) is 10.5. The number of primary amides is 1. The maximum atomic E-state index is 14.0. The molecular formula is C27H34Cl3FN2O2. The number of nitrogens with two attached hydrogens (primary N) is 1. The van der Waals surface area contributed by atoms with Crippen LogP contribution in [0.5, 0.6) is 0 Å². The molecule has 1 unspecified atom stereocenters. The minimum Gasteiger partial charge on any atom is -0.368 e. The van der Waals surface area contributed by atoms with Gasteiger partial charge >= 0.3 is 0 Å². The number of carbonyl (C=O) groups is 2. The van der Waals surface area contributed by atoms with Crippen LogP contribution in [0.3, 0.4) is 0 Å². The summed E-state index contributed by atoms with van der Waals surface area (Å²) in [7, 11) is 0. The molecule has 2 aromatic carbocycles. The van der Waals surface area contributed by atoms with E-state index in [0.717, 1.165) is 12.0 Å². The van der Waals surface area contributed by atoms with Crippen LogP contribution in [0.2, 0.25) is 15.1 Å². The molecule has 0 radical (unpaired) electrons. The molecule has 192 valence electrons. The number of hydrogen-bond acceptors (Lipinski definition) is 2. The Bertz CT molecular complexity index is 1020. The first kappa shape index (κ1) is 29.4. The quantitative estimate of drug-likeness (QED) is 0.331. The van der Waals surface area contributed by atoms with Gasteiger partial charge in [-0.15, -0.1) is 0 Å². The lowest BCUT2D eigenvalue weighted by Crippen LogP contribution is -2.49. The average molecular weight is 544 g/mol. The minimum absolute atomic E-state index is 0.0749. The second-order valence-electron chi connectivity index (χ2n) is 9.26. The van der Waals surface area contributed by atoms with Crippen LogP contribution in [0.4, 0.5) is 4.39 Å². The molecule has 1 fully saturated rings. The van der Waals surface area contributed by atoms with Gasteiger partial charge < -0.3 is 11.1 Å². The van der Waals surface area contributed by atoms with Gasteiger partial charge in [0.1, 0.15) is 11.9 Å². The molecule has 0 bridgehead atoms. The topological polar surface area (TPSA) is 72.2 Å². The lowest BCUT2D eigenvalue weighted by molar-refractivity contribution is -0.128. The van der Waals surface area contributed by atoms with Gasteiger partial charge in [0.15, 0.2) is 0 Å². The van der Waals surface area contributed by atoms with Gasteiger partial charge in [-0.1, -0.05) is 93.4 Å². The largest absolute Gasteiger partial charge is 0.368 e. The van der Waals surface area contributed by atoms with Crippen molar-refractivity contribution in [3.8, 4) is 0 Å². The summed E-state index contributed by atoms with van der Waals surface area (Å²) in [6.07, 6.45) is 6.61. The zero-order chi connectivity index (χ0) is 26.2. The van der Waals surface area contributed by atoms with Crippen LogP contribution in [0, 0.1) is 11.7 Å². The van der Waals surface area contributed by atoms with E-state index < -0.39 is 23.2 Å². The zero-order valence-corrected chi connectivity index (χ0v) is 22.7. The lowest BCUT2D eigenvalue weighted by Gasteiger charge is -2.22. The van der Waals surface area contributed by atoms with Gasteiger partial charge in [0.25, 0.3) is 0 Å². The van der Waals surface area contributed by atoms with Crippen LogP contribution in [-0.4, -0.2) is 17.9 Å². The maximum absolute atomic E-state index is 14.0. The lowest BCUT2D eigenvalue weighted by atomic mass is 9.94. The highest BCUT2D eigenvalue weighted by Gasteiger charge is 2.53. The van der Waals surface area contributed by atoms with Gasteiger partial charge in [0, 0.05) is 21.5 Å². The third kappa shape index (κ3) is 8.37. The number of hydrogen-bond donors (Lipinski definition) is 2. The van der Waals surface area contributed by atoms with E-state index in [1.807, 2.05) is 0 Å². The molecule has 0 aromatic heterocycles. The second kappa shape index (κ2) is 13.5. The molecule has 0 heterocycles. The molecular weight excluding hydrogens is 510 g/mol. The smallest absolute Gasteiger partial charge is 0.240 e. The normalized spacial score (nSPS) is 14.6. The fraction of sp³-hybridized carbons (Fsp3) is 0.481. The summed E-state index contributed by atoms with van der Waals surface area (Å²) in [5.74, 6) is -0.726. The van der Waals surface area contributed by atoms with E-state index in [2.05, 4.69) is 26.1 Å². The molecule has 2 aromatic rings. The van der Waals surface area contributed by atoms with Gasteiger partial charge in [-0.25, -0.2) is 4.39 Å². The number of nitrogens with one attached hydrogen (secondary N) is 1. The average Bonchev–Trinajstić information content (AvgIpc) is 3.57. The van der Waals surface area contributed by atoms with E-state index in [1.165, 1.54) is 37.8 Å². The van der Waals surface area contributed by atoms with Crippen molar-refractivity contribution in [3.63, 3.8) is 0 Å². The summed E-state index contributed by atoms with van der Waals surface area (Å²) in [5.41, 5.74) is 5.47. The number of amides is 2. The number of carbonyl (C=O) groups excluding carboxylic acids is 2. The Morgan fingerprint density at radius 1 is 1.03 bits per heavy atom. The third-order valence-electron chi connectivity index (χ3n) is 6.28. The Labute approximate surface area is 222 Å². The molecule has 0 aliphatic heterocycles. The summed E-state index contributed by atoms with van der Waals surface area (Å²) in [6, 6.07) is 7.99. The summed E-state index contributed by atoms with van der Waals surface area (Å²) < 4.78 is 14.0. The first-order valence-electron chi connectivity index (χ1n) is 12.0. The molecule has 3 N–H and O–H groups in total. The van der Waals surface area contributed by atoms with E-state index in [0.29, 0.717) is 28.5 Å². The van der Waals surface area contributed by atoms with Gasteiger partial charge in [-0.2, -0.15) is 0 Å². The fourth-order valence-electron chi connectivity index (χ4n) is 4.18. The van der Waals surface area contributed by atoms with Crippen molar-refractivity contribution in [2.45, 2.75) is 77.2 Å². The van der Waals surface area contributed by atoms with Crippen molar-refractivity contribution in [2.24, 2.45) is 11.7 Å². The maximum Gasteiger partial charge on any atom is 0.240 e. The van der Waals surface area contributed by atoms with Crippen molar-refractivity contribution >= 4 is 46.6 Å². The molecule has 1 saturated carbocycles. The van der Waals surface area contributed by atoms with Crippen LogP contribution >= 0.6 is 34.8 Å². The summed E-state index contributed by atoms with van der Waals surface area (Å²) >= 11 is 17.9. The highest BCUT2D eigenvalue weighted by Crippen LogP contribution is 2.51. The van der Waals surface area contributed by atoms with E-state index in [4.69, 9.17) is 40.5 Å². The van der Waals surface area contributed by atoms with Crippen LogP contribution in [0.25, 0.3) is 0 Å². The Hall–Kier alpha value is -1.82. The van der Waals surface area contributed by atoms with Gasteiger partial charge in [0.05, 0.1) is 5.41 Å². The molecule has 1 aliphatic rings. The Morgan fingerprint density at radius 3 is 2.09 bits per heavy atom. The Balaban J connectivity index is 0.000000466. The highest BCUT2D eigenvalue weighted by atomic mass is 35.5. The predicted octanol–water partition coefficient (Wildman–Crippen LogP) is 7.25. The van der Waals surface area contributed by atoms with Crippen molar-refractivity contribution < 1.29 is 14.0 Å². The third-order valence-corrected chi connectivity index (χ3v) is 7.07. The SMILES string of the molecule is CCCC(C)CCC.NC(=O)C(Cc1ccc(Cl)cc1F)NC(=O)C1(c2ccc(Cl)cc2Cl)CC1. The molecule has 35 heavy (non-hydrogen) atoms. The molecule has 1 atom stereocenters. The summed E-state index contributed by atoms with van der Waals surface area (Å²) in [6.45, 7) is 6.85. The van der Waals surface area contributed by atoms with Gasteiger partial charge in [0.2, 0.25) is 11.8 Å². The fourth-order valence-corrected chi connectivity index (χ4v) is 4.93. The predicted molar refractivity (Wildman–Crippen MR) is 143 cm³/mol. The van der Waals surface area contributed by atoms with E-state index in [1.54, 1.807) is 18.2 Å².